The molecule has 2 fully saturated rings. The molecule has 0 bridgehead atoms. The fourth-order valence-corrected chi connectivity index (χ4v) is 7.94. The molecular formula is C53H57N3O12. The van der Waals surface area contributed by atoms with Gasteiger partial charge in [0.15, 0.2) is 24.8 Å². The van der Waals surface area contributed by atoms with Crippen LogP contribution in [0.4, 0.5) is 0 Å². The molecule has 2 aliphatic rings. The van der Waals surface area contributed by atoms with E-state index in [1.165, 1.54) is 7.11 Å². The van der Waals surface area contributed by atoms with E-state index in [9.17, 15) is 15.1 Å². The van der Waals surface area contributed by atoms with Gasteiger partial charge in [-0.05, 0) is 52.8 Å². The minimum absolute atomic E-state index is 0.0126. The van der Waals surface area contributed by atoms with Gasteiger partial charge in [0.05, 0.1) is 52.3 Å². The quantitative estimate of drug-likeness (QED) is 0.0144. The molecule has 2 saturated heterocycles. The maximum absolute atomic E-state index is 14.0. The predicted molar refractivity (Wildman–Crippen MR) is 249 cm³/mol. The number of esters is 2. The number of hydrogen-bond acceptors (Lipinski definition) is 13. The van der Waals surface area contributed by atoms with E-state index in [0.717, 1.165) is 22.3 Å². The molecule has 0 aromatic heterocycles. The first kappa shape index (κ1) is 49.7. The molecule has 0 N–H and O–H groups in total. The van der Waals surface area contributed by atoms with Gasteiger partial charge in [0.2, 0.25) is 0 Å². The van der Waals surface area contributed by atoms with Crippen molar-refractivity contribution in [2.24, 2.45) is 5.11 Å². The minimum Gasteiger partial charge on any atom is -0.467 e. The molecule has 2 aliphatic heterocycles. The Hall–Kier alpha value is -6.23. The highest BCUT2D eigenvalue weighted by Gasteiger charge is 2.56. The number of carbonyl (C=O) groups is 2. The summed E-state index contributed by atoms with van der Waals surface area (Å²) in [6, 6.07) is 45.3. The molecule has 10 atom stereocenters. The van der Waals surface area contributed by atoms with E-state index in [1.807, 2.05) is 121 Å². The fraction of sp³-hybridized carbons (Fsp3) is 0.358. The van der Waals surface area contributed by atoms with E-state index < -0.39 is 73.3 Å². The SMILES string of the molecule is C=CCCCO[C@@H]1O[C@H](C(=O)OC)[C@@H](O[C@H]2O[C@H](COCc3ccccc3)[C@@H](OCc3ccccc3)[C@H](OCc3ccccc3)[C@H]2N=[N+]=[N-])[C@H](OCc2ccccc2)[C@H]1OC(=O)c1ccccc1. The van der Waals surface area contributed by atoms with Crippen LogP contribution < -0.4 is 0 Å². The summed E-state index contributed by atoms with van der Waals surface area (Å²) in [5.74, 6) is -1.54. The fourth-order valence-electron chi connectivity index (χ4n) is 7.94. The molecule has 0 spiro atoms. The summed E-state index contributed by atoms with van der Waals surface area (Å²) < 4.78 is 64.5. The summed E-state index contributed by atoms with van der Waals surface area (Å²) in [6.07, 6.45) is -8.30. The van der Waals surface area contributed by atoms with Gasteiger partial charge in [0.1, 0.15) is 36.6 Å². The van der Waals surface area contributed by atoms with Crippen molar-refractivity contribution >= 4 is 11.9 Å². The smallest absolute Gasteiger partial charge is 0.338 e. The maximum atomic E-state index is 14.0. The molecule has 0 radical (unpaired) electrons. The van der Waals surface area contributed by atoms with Gasteiger partial charge in [-0.25, -0.2) is 9.59 Å². The summed E-state index contributed by atoms with van der Waals surface area (Å²) in [5, 5.41) is 4.25. The van der Waals surface area contributed by atoms with E-state index in [-0.39, 0.29) is 45.2 Å². The second-order valence-corrected chi connectivity index (χ2v) is 16.1. The summed E-state index contributed by atoms with van der Waals surface area (Å²) in [6.45, 7) is 4.42. The van der Waals surface area contributed by atoms with Crippen LogP contribution in [-0.2, 0) is 78.6 Å². The van der Waals surface area contributed by atoms with Crippen LogP contribution in [0, 0.1) is 0 Å². The Morgan fingerprint density at radius 1 is 0.632 bits per heavy atom. The summed E-state index contributed by atoms with van der Waals surface area (Å²) in [7, 11) is 1.21. The standard InChI is InChI=1S/C53H57N3O12/c1-3-4-20-31-61-53-49(66-50(57)41-29-18-9-19-30-41)46(64-35-40-27-16-8-17-28-40)47(48(68-53)51(58)59-2)67-52-43(55-56-54)45(63-34-39-25-14-7-15-26-39)44(62-33-38-23-12-6-13-24-38)42(65-52)36-60-32-37-21-10-5-11-22-37/h3,5-19,21-30,42-49,52-53H,1,4,20,31-36H2,2H3/t42-,43-,44-,45-,46+,47+,48+,49-,52-,53-/m1/s1. The second-order valence-electron chi connectivity index (χ2n) is 16.1. The Morgan fingerprint density at radius 2 is 1.15 bits per heavy atom. The summed E-state index contributed by atoms with van der Waals surface area (Å²) in [4.78, 5) is 31.2. The average molecular weight is 928 g/mol. The number of nitrogens with zero attached hydrogens (tertiary/aromatic N) is 3. The predicted octanol–water partition coefficient (Wildman–Crippen LogP) is 8.85. The maximum Gasteiger partial charge on any atom is 0.338 e. The van der Waals surface area contributed by atoms with Crippen LogP contribution in [0.15, 0.2) is 169 Å². The molecule has 0 aliphatic carbocycles. The van der Waals surface area contributed by atoms with Crippen LogP contribution in [0.2, 0.25) is 0 Å². The zero-order chi connectivity index (χ0) is 47.3. The largest absolute Gasteiger partial charge is 0.467 e. The highest BCUT2D eigenvalue weighted by molar-refractivity contribution is 5.89. The first-order chi connectivity index (χ1) is 33.4. The Labute approximate surface area is 396 Å². The number of rotatable bonds is 24. The van der Waals surface area contributed by atoms with Crippen LogP contribution >= 0.6 is 0 Å². The summed E-state index contributed by atoms with van der Waals surface area (Å²) >= 11 is 0. The van der Waals surface area contributed by atoms with Gasteiger partial charge < -0.3 is 47.4 Å². The molecule has 0 amide bonds. The number of allylic oxidation sites excluding steroid dienone is 1. The van der Waals surface area contributed by atoms with Crippen LogP contribution in [0.5, 0.6) is 0 Å². The first-order valence-electron chi connectivity index (χ1n) is 22.6. The van der Waals surface area contributed by atoms with Gasteiger partial charge in [0.25, 0.3) is 0 Å². The van der Waals surface area contributed by atoms with Crippen molar-refractivity contribution in [3.8, 4) is 0 Å². The number of ether oxygens (including phenoxy) is 10. The lowest BCUT2D eigenvalue weighted by atomic mass is 9.94. The third kappa shape index (κ3) is 13.9. The molecule has 5 aromatic rings. The zero-order valence-corrected chi connectivity index (χ0v) is 37.9. The van der Waals surface area contributed by atoms with Crippen molar-refractivity contribution in [1.29, 1.82) is 0 Å². The zero-order valence-electron chi connectivity index (χ0n) is 37.9. The van der Waals surface area contributed by atoms with Crippen molar-refractivity contribution in [3.63, 3.8) is 0 Å². The molecule has 356 valence electrons. The van der Waals surface area contributed by atoms with E-state index in [0.29, 0.717) is 12.8 Å². The molecule has 5 aromatic carbocycles. The van der Waals surface area contributed by atoms with Gasteiger partial charge in [0, 0.05) is 4.91 Å². The number of azide groups is 1. The molecule has 7 rings (SSSR count). The first-order valence-corrected chi connectivity index (χ1v) is 22.6. The lowest BCUT2D eigenvalue weighted by Gasteiger charge is -2.49. The van der Waals surface area contributed by atoms with Crippen molar-refractivity contribution < 1.29 is 57.0 Å². The van der Waals surface area contributed by atoms with Gasteiger partial charge in [-0.15, -0.1) is 6.58 Å². The topological polar surface area (TPSA) is 175 Å². The molecule has 15 heteroatoms. The van der Waals surface area contributed by atoms with Crippen LogP contribution in [0.1, 0.15) is 45.5 Å². The van der Waals surface area contributed by atoms with Gasteiger partial charge in [-0.2, -0.15) is 0 Å². The number of hydrogen-bond donors (Lipinski definition) is 0. The number of unbranched alkanes of at least 4 members (excludes halogenated alkanes) is 1. The Morgan fingerprint density at radius 3 is 1.68 bits per heavy atom. The van der Waals surface area contributed by atoms with Crippen molar-refractivity contribution in [2.75, 3.05) is 20.3 Å². The highest BCUT2D eigenvalue weighted by atomic mass is 16.8. The second kappa shape index (κ2) is 26.3. The molecular weight excluding hydrogens is 871 g/mol. The third-order valence-electron chi connectivity index (χ3n) is 11.4. The Kier molecular flexibility index (Phi) is 19.2. The number of carbonyl (C=O) groups excluding carboxylic acids is 2. The molecule has 0 saturated carbocycles. The van der Waals surface area contributed by atoms with Gasteiger partial charge >= 0.3 is 11.9 Å². The minimum atomic E-state index is -1.55. The molecule has 2 heterocycles. The van der Waals surface area contributed by atoms with Crippen LogP contribution in [0.3, 0.4) is 0 Å². The van der Waals surface area contributed by atoms with Crippen LogP contribution in [0.25, 0.3) is 10.4 Å². The van der Waals surface area contributed by atoms with E-state index in [4.69, 9.17) is 47.4 Å². The third-order valence-corrected chi connectivity index (χ3v) is 11.4. The lowest BCUT2D eigenvalue weighted by molar-refractivity contribution is -0.349. The lowest BCUT2D eigenvalue weighted by Crippen LogP contribution is -2.66. The molecule has 68 heavy (non-hydrogen) atoms. The summed E-state index contributed by atoms with van der Waals surface area (Å²) in [5.41, 5.74) is 13.9. The van der Waals surface area contributed by atoms with Crippen molar-refractivity contribution in [3.05, 3.63) is 203 Å². The average Bonchev–Trinajstić information content (AvgIpc) is 3.38. The van der Waals surface area contributed by atoms with Gasteiger partial charge in [-0.1, -0.05) is 151 Å². The van der Waals surface area contributed by atoms with E-state index in [1.54, 1.807) is 36.4 Å². The Bertz CT molecular complexity index is 2330. The normalized spacial score (nSPS) is 24.5. The number of methoxy groups -OCH3 is 1. The van der Waals surface area contributed by atoms with Crippen molar-refractivity contribution in [1.82, 2.24) is 0 Å². The molecule has 15 nitrogen and oxygen atoms in total. The monoisotopic (exact) mass is 927 g/mol. The highest BCUT2D eigenvalue weighted by Crippen LogP contribution is 2.37. The Balaban J connectivity index is 1.29. The van der Waals surface area contributed by atoms with Crippen LogP contribution in [-0.4, -0.2) is 93.6 Å². The van der Waals surface area contributed by atoms with Crippen molar-refractivity contribution in [2.45, 2.75) is 101 Å². The molecule has 0 unspecified atom stereocenters. The van der Waals surface area contributed by atoms with E-state index >= 15 is 0 Å². The van der Waals surface area contributed by atoms with Gasteiger partial charge in [-0.3, -0.25) is 0 Å². The number of benzene rings is 5. The van der Waals surface area contributed by atoms with E-state index in [2.05, 4.69) is 16.6 Å².